The van der Waals surface area contributed by atoms with Gasteiger partial charge in [0.25, 0.3) is 0 Å². The van der Waals surface area contributed by atoms with Crippen LogP contribution in [0.25, 0.3) is 0 Å². The molecule has 106 valence electrons. The fourth-order valence-electron chi connectivity index (χ4n) is 2.06. The highest BCUT2D eigenvalue weighted by Crippen LogP contribution is 2.32. The molecule has 2 rings (SSSR count). The Kier molecular flexibility index (Phi) is 4.73. The van der Waals surface area contributed by atoms with Crippen LogP contribution in [0, 0.1) is 11.6 Å². The molecule has 0 saturated heterocycles. The summed E-state index contributed by atoms with van der Waals surface area (Å²) in [5, 5.41) is 3.10. The van der Waals surface area contributed by atoms with Gasteiger partial charge in [-0.3, -0.25) is 0 Å². The van der Waals surface area contributed by atoms with Crippen LogP contribution in [0.2, 0.25) is 0 Å². The van der Waals surface area contributed by atoms with E-state index < -0.39 is 11.6 Å². The van der Waals surface area contributed by atoms with E-state index in [1.54, 1.807) is 20.2 Å². The Bertz CT molecular complexity index is 602. The second kappa shape index (κ2) is 6.33. The first-order valence-electron chi connectivity index (χ1n) is 6.03. The summed E-state index contributed by atoms with van der Waals surface area (Å²) in [5.41, 5.74) is 1.57. The van der Waals surface area contributed by atoms with E-state index in [0.717, 1.165) is 17.4 Å². The van der Waals surface area contributed by atoms with E-state index in [1.165, 1.54) is 0 Å². The first-order valence-corrected chi connectivity index (χ1v) is 6.82. The Labute approximate surface area is 124 Å². The van der Waals surface area contributed by atoms with Crippen LogP contribution >= 0.6 is 15.9 Å². The van der Waals surface area contributed by atoms with Crippen molar-refractivity contribution in [1.82, 2.24) is 5.32 Å². The Morgan fingerprint density at radius 1 is 1.10 bits per heavy atom. The van der Waals surface area contributed by atoms with Gasteiger partial charge in [-0.1, -0.05) is 18.2 Å². The Morgan fingerprint density at radius 3 is 2.30 bits per heavy atom. The molecule has 2 aromatic rings. The highest BCUT2D eigenvalue weighted by molar-refractivity contribution is 9.10. The number of methoxy groups -OCH3 is 1. The normalized spacial score (nSPS) is 12.2. The van der Waals surface area contributed by atoms with Crippen LogP contribution in [0.4, 0.5) is 8.78 Å². The van der Waals surface area contributed by atoms with Crippen molar-refractivity contribution in [2.75, 3.05) is 14.2 Å². The molecule has 0 aromatic heterocycles. The minimum Gasteiger partial charge on any atom is -0.497 e. The summed E-state index contributed by atoms with van der Waals surface area (Å²) in [6.45, 7) is 0. The van der Waals surface area contributed by atoms with Gasteiger partial charge in [0.05, 0.1) is 17.6 Å². The van der Waals surface area contributed by atoms with E-state index in [0.29, 0.717) is 5.56 Å². The average molecular weight is 342 g/mol. The largest absolute Gasteiger partial charge is 0.497 e. The number of hydrogen-bond donors (Lipinski definition) is 1. The van der Waals surface area contributed by atoms with Crippen LogP contribution in [0.15, 0.2) is 40.9 Å². The third kappa shape index (κ3) is 2.83. The molecule has 0 spiro atoms. The van der Waals surface area contributed by atoms with Crippen LogP contribution in [0.1, 0.15) is 17.2 Å². The van der Waals surface area contributed by atoms with Gasteiger partial charge in [-0.25, -0.2) is 8.78 Å². The van der Waals surface area contributed by atoms with Gasteiger partial charge in [0.2, 0.25) is 0 Å². The van der Waals surface area contributed by atoms with Crippen LogP contribution in [0.3, 0.4) is 0 Å². The molecule has 1 unspecified atom stereocenters. The van der Waals surface area contributed by atoms with Crippen molar-refractivity contribution in [2.24, 2.45) is 0 Å². The number of nitrogens with one attached hydrogen (secondary N) is 1. The molecule has 0 saturated carbocycles. The summed E-state index contributed by atoms with van der Waals surface area (Å²) in [6.07, 6.45) is 0. The smallest absolute Gasteiger partial charge is 0.173 e. The van der Waals surface area contributed by atoms with E-state index >= 15 is 0 Å². The van der Waals surface area contributed by atoms with Crippen LogP contribution in [0.5, 0.6) is 5.75 Å². The molecule has 0 aliphatic heterocycles. The Hall–Kier alpha value is -1.46. The van der Waals surface area contributed by atoms with Gasteiger partial charge >= 0.3 is 0 Å². The maximum Gasteiger partial charge on any atom is 0.173 e. The molecule has 0 bridgehead atoms. The number of ether oxygens (including phenoxy) is 1. The van der Waals surface area contributed by atoms with Gasteiger partial charge in [-0.2, -0.15) is 0 Å². The summed E-state index contributed by atoms with van der Waals surface area (Å²) in [7, 11) is 3.36. The number of halogens is 3. The van der Waals surface area contributed by atoms with Crippen LogP contribution in [-0.2, 0) is 0 Å². The van der Waals surface area contributed by atoms with Crippen molar-refractivity contribution in [3.8, 4) is 5.75 Å². The molecule has 0 amide bonds. The molecular formula is C15H14BrF2NO. The zero-order valence-corrected chi connectivity index (χ0v) is 12.7. The lowest BCUT2D eigenvalue weighted by atomic mass is 9.98. The zero-order chi connectivity index (χ0) is 14.7. The zero-order valence-electron chi connectivity index (χ0n) is 11.1. The molecule has 2 aromatic carbocycles. The summed E-state index contributed by atoms with van der Waals surface area (Å²) < 4.78 is 32.1. The molecule has 1 N–H and O–H groups in total. The number of rotatable bonds is 4. The van der Waals surface area contributed by atoms with Gasteiger partial charge in [-0.15, -0.1) is 0 Å². The van der Waals surface area contributed by atoms with E-state index in [9.17, 15) is 8.78 Å². The van der Waals surface area contributed by atoms with Gasteiger partial charge in [-0.05, 0) is 52.3 Å². The Balaban J connectivity index is 2.44. The maximum atomic E-state index is 13.7. The van der Waals surface area contributed by atoms with Crippen molar-refractivity contribution in [3.05, 3.63) is 63.6 Å². The summed E-state index contributed by atoms with van der Waals surface area (Å²) in [4.78, 5) is 0. The second-order valence-corrected chi connectivity index (χ2v) is 5.05. The van der Waals surface area contributed by atoms with Crippen molar-refractivity contribution < 1.29 is 13.5 Å². The van der Waals surface area contributed by atoms with Gasteiger partial charge in [0, 0.05) is 0 Å². The molecule has 1 atom stereocenters. The molecule has 0 aliphatic carbocycles. The first kappa shape index (κ1) is 14.9. The topological polar surface area (TPSA) is 21.3 Å². The minimum atomic E-state index is -0.878. The third-order valence-electron chi connectivity index (χ3n) is 3.11. The molecule has 0 fully saturated rings. The summed E-state index contributed by atoms with van der Waals surface area (Å²) >= 11 is 3.12. The quantitative estimate of drug-likeness (QED) is 0.847. The van der Waals surface area contributed by atoms with E-state index in [2.05, 4.69) is 21.2 Å². The van der Waals surface area contributed by atoms with Crippen LogP contribution < -0.4 is 10.1 Å². The summed E-state index contributed by atoms with van der Waals surface area (Å²) in [5.74, 6) is -1.01. The van der Waals surface area contributed by atoms with E-state index in [4.69, 9.17) is 4.74 Å². The fraction of sp³-hybridized carbons (Fsp3) is 0.200. The average Bonchev–Trinajstić information content (AvgIpc) is 2.48. The lowest BCUT2D eigenvalue weighted by Gasteiger charge is -2.19. The molecule has 2 nitrogen and oxygen atoms in total. The van der Waals surface area contributed by atoms with Gasteiger partial charge in [0.1, 0.15) is 5.75 Å². The predicted octanol–water partition coefficient (Wildman–Crippen LogP) is 4.04. The van der Waals surface area contributed by atoms with E-state index in [1.807, 2.05) is 24.3 Å². The number of benzene rings is 2. The Morgan fingerprint density at radius 2 is 1.75 bits per heavy atom. The first-order chi connectivity index (χ1) is 9.58. The third-order valence-corrected chi connectivity index (χ3v) is 3.92. The molecule has 0 radical (unpaired) electrons. The summed E-state index contributed by atoms with van der Waals surface area (Å²) in [6, 6.07) is 9.87. The number of hydrogen-bond acceptors (Lipinski definition) is 2. The van der Waals surface area contributed by atoms with Gasteiger partial charge < -0.3 is 10.1 Å². The van der Waals surface area contributed by atoms with Crippen molar-refractivity contribution in [2.45, 2.75) is 6.04 Å². The molecule has 0 heterocycles. The van der Waals surface area contributed by atoms with Crippen LogP contribution in [-0.4, -0.2) is 14.2 Å². The minimum absolute atomic E-state index is 0.132. The molecular weight excluding hydrogens is 328 g/mol. The monoisotopic (exact) mass is 341 g/mol. The lowest BCUT2D eigenvalue weighted by Crippen LogP contribution is -2.18. The highest BCUT2D eigenvalue weighted by Gasteiger charge is 2.19. The maximum absolute atomic E-state index is 13.7. The lowest BCUT2D eigenvalue weighted by molar-refractivity contribution is 0.414. The molecule has 0 aliphatic rings. The molecule has 5 heteroatoms. The van der Waals surface area contributed by atoms with Gasteiger partial charge in [0.15, 0.2) is 11.6 Å². The van der Waals surface area contributed by atoms with Crippen molar-refractivity contribution in [1.29, 1.82) is 0 Å². The SMILES string of the molecule is CNC(c1ccc(OC)cc1)c1ccc(F)c(F)c1Br. The fourth-order valence-corrected chi connectivity index (χ4v) is 2.61. The van der Waals surface area contributed by atoms with E-state index in [-0.39, 0.29) is 10.5 Å². The molecule has 20 heavy (non-hydrogen) atoms. The standard InChI is InChI=1S/C15H14BrF2NO/c1-19-15(9-3-5-10(20-2)6-4-9)11-7-8-12(17)14(18)13(11)16/h3-8,15,19H,1-2H3. The highest BCUT2D eigenvalue weighted by atomic mass is 79.9. The second-order valence-electron chi connectivity index (χ2n) is 4.26. The van der Waals surface area contributed by atoms with Crippen molar-refractivity contribution in [3.63, 3.8) is 0 Å². The predicted molar refractivity (Wildman–Crippen MR) is 78.0 cm³/mol. The van der Waals surface area contributed by atoms with Crippen molar-refractivity contribution >= 4 is 15.9 Å².